The van der Waals surface area contributed by atoms with E-state index >= 15 is 0 Å². The third-order valence-electron chi connectivity index (χ3n) is 0.809. The Labute approximate surface area is 55.6 Å². The van der Waals surface area contributed by atoms with Crippen LogP contribution < -0.4 is 11.1 Å². The highest BCUT2D eigenvalue weighted by atomic mass is 16.3. The summed E-state index contributed by atoms with van der Waals surface area (Å²) in [6.45, 7) is 2.82. The monoisotopic (exact) mass is 130 g/mol. The molecule has 0 saturated heterocycles. The second-order valence-electron chi connectivity index (χ2n) is 1.92. The van der Waals surface area contributed by atoms with E-state index in [0.29, 0.717) is 0 Å². The lowest BCUT2D eigenvalue weighted by atomic mass is 10.4. The van der Waals surface area contributed by atoms with Crippen LogP contribution in [0.2, 0.25) is 0 Å². The molecule has 3 heteroatoms. The van der Waals surface area contributed by atoms with Crippen LogP contribution in [-0.2, 0) is 0 Å². The van der Waals surface area contributed by atoms with Crippen LogP contribution in [0, 0.1) is 0 Å². The number of nitrogens with two attached hydrogens (primary N) is 1. The van der Waals surface area contributed by atoms with Gasteiger partial charge in [-0.15, -0.1) is 0 Å². The van der Waals surface area contributed by atoms with Crippen molar-refractivity contribution in [2.24, 2.45) is 5.73 Å². The molecule has 0 fully saturated rings. The Kier molecular flexibility index (Phi) is 5.01. The van der Waals surface area contributed by atoms with Crippen LogP contribution in [0.4, 0.5) is 0 Å². The lowest BCUT2D eigenvalue weighted by Gasteiger charge is -1.97. The maximum atomic E-state index is 8.34. The molecule has 0 heterocycles. The third-order valence-corrected chi connectivity index (χ3v) is 0.809. The van der Waals surface area contributed by atoms with Crippen LogP contribution in [0.1, 0.15) is 13.3 Å². The Bertz CT molecular complexity index is 87.1. The van der Waals surface area contributed by atoms with E-state index in [2.05, 4.69) is 5.32 Å². The van der Waals surface area contributed by atoms with E-state index in [1.165, 1.54) is 0 Å². The minimum Gasteiger partial charge on any atom is -0.401 e. The summed E-state index contributed by atoms with van der Waals surface area (Å²) in [4.78, 5) is 0. The molecule has 9 heavy (non-hydrogen) atoms. The number of nitrogens with one attached hydrogen (secondary N) is 1. The van der Waals surface area contributed by atoms with Gasteiger partial charge >= 0.3 is 0 Å². The number of aliphatic hydroxyl groups excluding tert-OH is 1. The molecular weight excluding hydrogens is 116 g/mol. The Hall–Kier alpha value is -0.700. The fraction of sp³-hybridized carbons (Fsp3) is 0.667. The summed E-state index contributed by atoms with van der Waals surface area (Å²) in [5.41, 5.74) is 6.07. The zero-order valence-corrected chi connectivity index (χ0v) is 5.72. The van der Waals surface area contributed by atoms with Crippen molar-refractivity contribution in [1.82, 2.24) is 5.32 Å². The van der Waals surface area contributed by atoms with Gasteiger partial charge in [-0.2, -0.15) is 0 Å². The van der Waals surface area contributed by atoms with Gasteiger partial charge in [-0.05, 0) is 13.3 Å². The van der Waals surface area contributed by atoms with Gasteiger partial charge in [-0.3, -0.25) is 0 Å². The zero-order valence-electron chi connectivity index (χ0n) is 5.72. The molecule has 0 saturated carbocycles. The lowest BCUT2D eigenvalue weighted by Crippen LogP contribution is -2.10. The predicted molar refractivity (Wildman–Crippen MR) is 37.6 cm³/mol. The van der Waals surface area contributed by atoms with Crippen LogP contribution >= 0.6 is 0 Å². The Balaban J connectivity index is 3.00. The van der Waals surface area contributed by atoms with Gasteiger partial charge in [0.15, 0.2) is 0 Å². The molecule has 0 radical (unpaired) electrons. The molecule has 0 unspecified atom stereocenters. The summed E-state index contributed by atoms with van der Waals surface area (Å²) in [6, 6.07) is 0. The molecule has 0 aromatic rings. The predicted octanol–water partition coefficient (Wildman–Crippen LogP) is -0.222. The first kappa shape index (κ1) is 8.30. The molecule has 54 valence electrons. The molecule has 0 aromatic heterocycles. The molecule has 0 aromatic carbocycles. The van der Waals surface area contributed by atoms with Gasteiger partial charge in [0, 0.05) is 25.0 Å². The van der Waals surface area contributed by atoms with E-state index in [1.807, 2.05) is 6.92 Å². The van der Waals surface area contributed by atoms with Crippen molar-refractivity contribution in [3.05, 3.63) is 11.9 Å². The minimum atomic E-state index is 0.227. The fourth-order valence-corrected chi connectivity index (χ4v) is 0.414. The highest BCUT2D eigenvalue weighted by Gasteiger charge is 1.79. The van der Waals surface area contributed by atoms with Crippen LogP contribution in [0.15, 0.2) is 11.9 Å². The molecule has 0 aliphatic heterocycles. The van der Waals surface area contributed by atoms with E-state index < -0.39 is 0 Å². The minimum absolute atomic E-state index is 0.227. The topological polar surface area (TPSA) is 58.3 Å². The van der Waals surface area contributed by atoms with Crippen molar-refractivity contribution in [2.75, 3.05) is 13.2 Å². The number of hydrogen-bond acceptors (Lipinski definition) is 3. The molecule has 4 N–H and O–H groups in total. The SMILES string of the molecule is C/C(N)=C/NCCCO. The first-order valence-corrected chi connectivity index (χ1v) is 3.04. The standard InChI is InChI=1S/C6H14N2O/c1-6(7)5-8-3-2-4-9/h5,8-9H,2-4,7H2,1H3/b6-5-. The average Bonchev–Trinajstić information content (AvgIpc) is 1.80. The summed E-state index contributed by atoms with van der Waals surface area (Å²) in [5.74, 6) is 0. The molecular formula is C6H14N2O. The number of aliphatic hydroxyl groups is 1. The second-order valence-corrected chi connectivity index (χ2v) is 1.92. The Morgan fingerprint density at radius 2 is 2.44 bits per heavy atom. The summed E-state index contributed by atoms with van der Waals surface area (Å²) in [5, 5.41) is 11.3. The number of rotatable bonds is 4. The largest absolute Gasteiger partial charge is 0.401 e. The van der Waals surface area contributed by atoms with Crippen LogP contribution in [0.5, 0.6) is 0 Å². The Morgan fingerprint density at radius 3 is 2.89 bits per heavy atom. The van der Waals surface area contributed by atoms with Crippen molar-refractivity contribution >= 4 is 0 Å². The van der Waals surface area contributed by atoms with Crippen molar-refractivity contribution in [3.8, 4) is 0 Å². The van der Waals surface area contributed by atoms with Gasteiger partial charge in [0.1, 0.15) is 0 Å². The molecule has 0 spiro atoms. The van der Waals surface area contributed by atoms with E-state index in [4.69, 9.17) is 10.8 Å². The third kappa shape index (κ3) is 7.30. The smallest absolute Gasteiger partial charge is 0.0447 e. The van der Waals surface area contributed by atoms with Gasteiger partial charge in [0.25, 0.3) is 0 Å². The highest BCUT2D eigenvalue weighted by molar-refractivity contribution is 4.88. The molecule has 0 atom stereocenters. The normalized spacial score (nSPS) is 11.6. The first-order chi connectivity index (χ1) is 4.27. The van der Waals surface area contributed by atoms with Crippen LogP contribution in [0.25, 0.3) is 0 Å². The molecule has 0 bridgehead atoms. The number of allylic oxidation sites excluding steroid dienone is 1. The Morgan fingerprint density at radius 1 is 1.78 bits per heavy atom. The zero-order chi connectivity index (χ0) is 7.11. The molecule has 0 rings (SSSR count). The quantitative estimate of drug-likeness (QED) is 0.461. The average molecular weight is 130 g/mol. The molecule has 0 amide bonds. The summed E-state index contributed by atoms with van der Waals surface area (Å²) in [6.07, 6.45) is 2.50. The van der Waals surface area contributed by atoms with Crippen LogP contribution in [0.3, 0.4) is 0 Å². The maximum absolute atomic E-state index is 8.34. The lowest BCUT2D eigenvalue weighted by molar-refractivity contribution is 0.288. The fourth-order valence-electron chi connectivity index (χ4n) is 0.414. The summed E-state index contributed by atoms with van der Waals surface area (Å²) >= 11 is 0. The molecule has 0 aliphatic rings. The van der Waals surface area contributed by atoms with Crippen molar-refractivity contribution in [1.29, 1.82) is 0 Å². The van der Waals surface area contributed by atoms with Crippen molar-refractivity contribution in [2.45, 2.75) is 13.3 Å². The van der Waals surface area contributed by atoms with Gasteiger partial charge in [0.05, 0.1) is 0 Å². The van der Waals surface area contributed by atoms with Gasteiger partial charge in [-0.25, -0.2) is 0 Å². The van der Waals surface area contributed by atoms with E-state index in [9.17, 15) is 0 Å². The summed E-state index contributed by atoms with van der Waals surface area (Å²) < 4.78 is 0. The van der Waals surface area contributed by atoms with Crippen molar-refractivity contribution in [3.63, 3.8) is 0 Å². The number of hydrogen-bond donors (Lipinski definition) is 3. The second kappa shape index (κ2) is 5.44. The highest BCUT2D eigenvalue weighted by Crippen LogP contribution is 1.75. The van der Waals surface area contributed by atoms with E-state index in [1.54, 1.807) is 6.20 Å². The van der Waals surface area contributed by atoms with Gasteiger partial charge < -0.3 is 16.2 Å². The van der Waals surface area contributed by atoms with Crippen LogP contribution in [-0.4, -0.2) is 18.3 Å². The van der Waals surface area contributed by atoms with Crippen molar-refractivity contribution < 1.29 is 5.11 Å². The van der Waals surface area contributed by atoms with Gasteiger partial charge in [-0.1, -0.05) is 0 Å². The molecule has 3 nitrogen and oxygen atoms in total. The first-order valence-electron chi connectivity index (χ1n) is 3.04. The van der Waals surface area contributed by atoms with E-state index in [0.717, 1.165) is 18.7 Å². The van der Waals surface area contributed by atoms with E-state index in [-0.39, 0.29) is 6.61 Å². The molecule has 0 aliphatic carbocycles. The van der Waals surface area contributed by atoms with Gasteiger partial charge in [0.2, 0.25) is 0 Å². The maximum Gasteiger partial charge on any atom is 0.0447 e. The summed E-state index contributed by atoms with van der Waals surface area (Å²) in [7, 11) is 0.